The number of nitrogens with one attached hydrogen (secondary N) is 1. The molecule has 2 heterocycles. The molecule has 1 aromatic carbocycles. The van der Waals surface area contributed by atoms with Crippen molar-refractivity contribution in [2.45, 2.75) is 39.7 Å². The van der Waals surface area contributed by atoms with Crippen molar-refractivity contribution in [3.05, 3.63) is 46.9 Å². The molecule has 0 aromatic heterocycles. The SMILES string of the molecule is CCOC(=O)C1=C(CN2CCC[C@H](C(=O)OCC)C2)N(CC)C(=O)N[C@H]1c1ccc(F)cc1. The molecule has 0 unspecified atom stereocenters. The van der Waals surface area contributed by atoms with Crippen molar-refractivity contribution in [2.24, 2.45) is 5.92 Å². The van der Waals surface area contributed by atoms with Crippen molar-refractivity contribution in [1.82, 2.24) is 15.1 Å². The average Bonchev–Trinajstić information content (AvgIpc) is 2.80. The Labute approximate surface area is 193 Å². The van der Waals surface area contributed by atoms with E-state index in [-0.39, 0.29) is 24.5 Å². The van der Waals surface area contributed by atoms with E-state index in [1.54, 1.807) is 26.0 Å². The van der Waals surface area contributed by atoms with Crippen LogP contribution in [-0.2, 0) is 19.1 Å². The van der Waals surface area contributed by atoms with Gasteiger partial charge in [0.1, 0.15) is 5.82 Å². The molecule has 2 amide bonds. The van der Waals surface area contributed by atoms with Crippen molar-refractivity contribution in [1.29, 1.82) is 0 Å². The van der Waals surface area contributed by atoms with Crippen molar-refractivity contribution >= 4 is 18.0 Å². The third kappa shape index (κ3) is 5.71. The minimum absolute atomic E-state index is 0.181. The van der Waals surface area contributed by atoms with Gasteiger partial charge in [-0.15, -0.1) is 0 Å². The molecular formula is C24H32FN3O5. The van der Waals surface area contributed by atoms with E-state index < -0.39 is 17.8 Å². The number of hydrogen-bond donors (Lipinski definition) is 1. The van der Waals surface area contributed by atoms with Gasteiger partial charge >= 0.3 is 18.0 Å². The molecule has 1 aromatic rings. The van der Waals surface area contributed by atoms with Crippen LogP contribution in [0.4, 0.5) is 9.18 Å². The van der Waals surface area contributed by atoms with Gasteiger partial charge in [0.15, 0.2) is 0 Å². The van der Waals surface area contributed by atoms with Crippen LogP contribution < -0.4 is 5.32 Å². The molecule has 0 bridgehead atoms. The lowest BCUT2D eigenvalue weighted by atomic mass is 9.93. The molecule has 2 aliphatic heterocycles. The van der Waals surface area contributed by atoms with Gasteiger partial charge in [0, 0.05) is 25.3 Å². The number of hydrogen-bond acceptors (Lipinski definition) is 6. The van der Waals surface area contributed by atoms with E-state index in [0.29, 0.717) is 43.1 Å². The van der Waals surface area contributed by atoms with E-state index in [9.17, 15) is 18.8 Å². The van der Waals surface area contributed by atoms with Crippen molar-refractivity contribution in [2.75, 3.05) is 39.4 Å². The van der Waals surface area contributed by atoms with Gasteiger partial charge in [0.05, 0.1) is 30.7 Å². The highest BCUT2D eigenvalue weighted by atomic mass is 19.1. The average molecular weight is 462 g/mol. The Bertz CT molecular complexity index is 902. The first kappa shape index (κ1) is 24.7. The number of rotatable bonds is 8. The van der Waals surface area contributed by atoms with Crippen LogP contribution in [-0.4, -0.2) is 67.2 Å². The molecular weight excluding hydrogens is 429 g/mol. The molecule has 0 radical (unpaired) electrons. The molecule has 0 aliphatic carbocycles. The normalized spacial score (nSPS) is 21.6. The van der Waals surface area contributed by atoms with Gasteiger partial charge in [-0.1, -0.05) is 12.1 Å². The smallest absolute Gasteiger partial charge is 0.338 e. The zero-order valence-corrected chi connectivity index (χ0v) is 19.4. The molecule has 180 valence electrons. The maximum atomic E-state index is 13.5. The topological polar surface area (TPSA) is 88.2 Å². The van der Waals surface area contributed by atoms with Crippen LogP contribution in [0.3, 0.4) is 0 Å². The quantitative estimate of drug-likeness (QED) is 0.599. The van der Waals surface area contributed by atoms with Crippen molar-refractivity contribution in [3.63, 3.8) is 0 Å². The number of esters is 2. The highest BCUT2D eigenvalue weighted by molar-refractivity contribution is 5.95. The third-order valence-electron chi connectivity index (χ3n) is 5.95. The Morgan fingerprint density at radius 2 is 1.82 bits per heavy atom. The van der Waals surface area contributed by atoms with Crippen LogP contribution >= 0.6 is 0 Å². The molecule has 0 saturated carbocycles. The Morgan fingerprint density at radius 3 is 2.45 bits per heavy atom. The number of benzene rings is 1. The fraction of sp³-hybridized carbons (Fsp3) is 0.542. The Kier molecular flexibility index (Phi) is 8.43. The van der Waals surface area contributed by atoms with Crippen LogP contribution in [0.25, 0.3) is 0 Å². The van der Waals surface area contributed by atoms with E-state index in [1.807, 2.05) is 6.92 Å². The molecule has 9 heteroatoms. The summed E-state index contributed by atoms with van der Waals surface area (Å²) >= 11 is 0. The predicted molar refractivity (Wildman–Crippen MR) is 120 cm³/mol. The number of ether oxygens (including phenoxy) is 2. The Hall–Kier alpha value is -2.94. The monoisotopic (exact) mass is 461 g/mol. The molecule has 8 nitrogen and oxygen atoms in total. The Balaban J connectivity index is 1.99. The molecule has 1 saturated heterocycles. The van der Waals surface area contributed by atoms with E-state index in [2.05, 4.69) is 10.2 Å². The van der Waals surface area contributed by atoms with Gasteiger partial charge in [-0.25, -0.2) is 14.0 Å². The molecule has 2 aliphatic rings. The third-order valence-corrected chi connectivity index (χ3v) is 5.95. The van der Waals surface area contributed by atoms with Crippen molar-refractivity contribution < 1.29 is 28.2 Å². The second kappa shape index (κ2) is 11.3. The number of nitrogens with zero attached hydrogens (tertiary/aromatic N) is 2. The van der Waals surface area contributed by atoms with Gasteiger partial charge in [-0.3, -0.25) is 14.6 Å². The number of carbonyl (C=O) groups is 3. The zero-order chi connectivity index (χ0) is 24.0. The van der Waals surface area contributed by atoms with Gasteiger partial charge in [-0.2, -0.15) is 0 Å². The fourth-order valence-electron chi connectivity index (χ4n) is 4.43. The summed E-state index contributed by atoms with van der Waals surface area (Å²) in [5, 5.41) is 2.87. The second-order valence-corrected chi connectivity index (χ2v) is 8.09. The molecule has 3 rings (SSSR count). The van der Waals surface area contributed by atoms with Crippen LogP contribution in [0.5, 0.6) is 0 Å². The van der Waals surface area contributed by atoms with Gasteiger partial charge < -0.3 is 14.8 Å². The first-order valence-electron chi connectivity index (χ1n) is 11.5. The Morgan fingerprint density at radius 1 is 1.12 bits per heavy atom. The van der Waals surface area contributed by atoms with Crippen LogP contribution in [0.15, 0.2) is 35.5 Å². The first-order chi connectivity index (χ1) is 15.9. The summed E-state index contributed by atoms with van der Waals surface area (Å²) in [5.41, 5.74) is 1.45. The standard InChI is InChI=1S/C24H32FN3O5/c1-4-28-19(15-27-13-7-8-17(14-27)22(29)32-5-2)20(23(30)33-6-3)21(26-24(28)31)16-9-11-18(25)12-10-16/h9-12,17,21H,4-8,13-15H2,1-3H3,(H,26,31)/t17-,21-/m0/s1. The number of piperidine rings is 1. The lowest BCUT2D eigenvalue weighted by molar-refractivity contribution is -0.150. The summed E-state index contributed by atoms with van der Waals surface area (Å²) in [5.74, 6) is -1.40. The summed E-state index contributed by atoms with van der Waals surface area (Å²) in [6, 6.07) is 4.59. The highest BCUT2D eigenvalue weighted by Gasteiger charge is 2.39. The number of likely N-dealkylation sites (tertiary alicyclic amines) is 1. The summed E-state index contributed by atoms with van der Waals surface area (Å²) in [7, 11) is 0. The summed E-state index contributed by atoms with van der Waals surface area (Å²) in [6.07, 6.45) is 1.56. The van der Waals surface area contributed by atoms with Crippen LogP contribution in [0.1, 0.15) is 45.2 Å². The summed E-state index contributed by atoms with van der Waals surface area (Å²) in [4.78, 5) is 42.0. The lowest BCUT2D eigenvalue weighted by Crippen LogP contribution is -2.51. The first-order valence-corrected chi connectivity index (χ1v) is 11.5. The van der Waals surface area contributed by atoms with Crippen LogP contribution in [0, 0.1) is 11.7 Å². The van der Waals surface area contributed by atoms with Gasteiger partial charge in [0.2, 0.25) is 0 Å². The van der Waals surface area contributed by atoms with Gasteiger partial charge in [-0.05, 0) is 57.9 Å². The predicted octanol–water partition coefficient (Wildman–Crippen LogP) is 3.00. The van der Waals surface area contributed by atoms with Gasteiger partial charge in [0.25, 0.3) is 0 Å². The molecule has 1 fully saturated rings. The number of urea groups is 1. The summed E-state index contributed by atoms with van der Waals surface area (Å²) < 4.78 is 24.1. The largest absolute Gasteiger partial charge is 0.466 e. The molecule has 0 spiro atoms. The fourth-order valence-corrected chi connectivity index (χ4v) is 4.43. The second-order valence-electron chi connectivity index (χ2n) is 8.09. The number of halogens is 1. The number of carbonyl (C=O) groups excluding carboxylic acids is 3. The zero-order valence-electron chi connectivity index (χ0n) is 19.4. The van der Waals surface area contributed by atoms with E-state index in [0.717, 1.165) is 19.4 Å². The number of amides is 2. The minimum Gasteiger partial charge on any atom is -0.466 e. The summed E-state index contributed by atoms with van der Waals surface area (Å²) in [6.45, 7) is 7.73. The molecule has 33 heavy (non-hydrogen) atoms. The lowest BCUT2D eigenvalue weighted by Gasteiger charge is -2.39. The van der Waals surface area contributed by atoms with E-state index >= 15 is 0 Å². The van der Waals surface area contributed by atoms with Crippen molar-refractivity contribution in [3.8, 4) is 0 Å². The van der Waals surface area contributed by atoms with E-state index in [4.69, 9.17) is 9.47 Å². The maximum Gasteiger partial charge on any atom is 0.338 e. The maximum absolute atomic E-state index is 13.5. The number of likely N-dealkylation sites (N-methyl/N-ethyl adjacent to an activating group) is 1. The van der Waals surface area contributed by atoms with Crippen LogP contribution in [0.2, 0.25) is 0 Å². The minimum atomic E-state index is -0.763. The molecule has 1 N–H and O–H groups in total. The van der Waals surface area contributed by atoms with E-state index in [1.165, 1.54) is 17.0 Å². The highest BCUT2D eigenvalue weighted by Crippen LogP contribution is 2.33. The molecule has 2 atom stereocenters.